The van der Waals surface area contributed by atoms with Crippen LogP contribution in [0.3, 0.4) is 0 Å². The molecule has 0 saturated heterocycles. The van der Waals surface area contributed by atoms with Crippen molar-refractivity contribution in [3.8, 4) is 22.9 Å². The standard InChI is InChI=1S/C18H12BrClN2O/c1-22-15-5-3-2-4-14(15)21-18(22)17-9-8-16(23-17)12-7-6-11(19)10-13(12)20/h2-10H,1H3. The molecule has 0 bridgehead atoms. The summed E-state index contributed by atoms with van der Waals surface area (Å²) in [5.74, 6) is 2.24. The number of imidazole rings is 1. The van der Waals surface area contributed by atoms with Crippen molar-refractivity contribution >= 4 is 38.6 Å². The summed E-state index contributed by atoms with van der Waals surface area (Å²) in [6, 6.07) is 17.6. The summed E-state index contributed by atoms with van der Waals surface area (Å²) in [6.07, 6.45) is 0. The van der Waals surface area contributed by atoms with Crippen LogP contribution in [0.1, 0.15) is 0 Å². The number of para-hydroxylation sites is 2. The molecule has 0 aliphatic rings. The number of hydrogen-bond donors (Lipinski definition) is 0. The molecule has 3 nitrogen and oxygen atoms in total. The van der Waals surface area contributed by atoms with E-state index >= 15 is 0 Å². The lowest BCUT2D eigenvalue weighted by Crippen LogP contribution is -1.90. The van der Waals surface area contributed by atoms with Crippen LogP contribution in [0.2, 0.25) is 5.02 Å². The Balaban J connectivity index is 1.82. The van der Waals surface area contributed by atoms with E-state index in [1.165, 1.54) is 0 Å². The Morgan fingerprint density at radius 1 is 1.04 bits per heavy atom. The van der Waals surface area contributed by atoms with Crippen molar-refractivity contribution in [1.82, 2.24) is 9.55 Å². The van der Waals surface area contributed by atoms with E-state index in [2.05, 4.69) is 20.9 Å². The van der Waals surface area contributed by atoms with Gasteiger partial charge in [0.25, 0.3) is 0 Å². The highest BCUT2D eigenvalue weighted by Gasteiger charge is 2.15. The topological polar surface area (TPSA) is 31.0 Å². The van der Waals surface area contributed by atoms with Gasteiger partial charge in [-0.25, -0.2) is 4.98 Å². The third kappa shape index (κ3) is 2.48. The van der Waals surface area contributed by atoms with Crippen LogP contribution in [0.25, 0.3) is 33.9 Å². The van der Waals surface area contributed by atoms with Gasteiger partial charge in [-0.3, -0.25) is 0 Å². The van der Waals surface area contributed by atoms with Gasteiger partial charge in [0.05, 0.1) is 16.1 Å². The number of rotatable bonds is 2. The highest BCUT2D eigenvalue weighted by atomic mass is 79.9. The zero-order valence-electron chi connectivity index (χ0n) is 12.3. The Hall–Kier alpha value is -2.04. The number of aromatic nitrogens is 2. The predicted octanol–water partition coefficient (Wildman–Crippen LogP) is 5.92. The lowest BCUT2D eigenvalue weighted by atomic mass is 10.2. The van der Waals surface area contributed by atoms with Crippen LogP contribution >= 0.6 is 27.5 Å². The van der Waals surface area contributed by atoms with Crippen LogP contribution in [-0.2, 0) is 7.05 Å². The smallest absolute Gasteiger partial charge is 0.177 e. The Bertz CT molecular complexity index is 1020. The maximum absolute atomic E-state index is 6.30. The van der Waals surface area contributed by atoms with Crippen molar-refractivity contribution in [2.24, 2.45) is 7.05 Å². The lowest BCUT2D eigenvalue weighted by molar-refractivity contribution is 0.589. The van der Waals surface area contributed by atoms with Gasteiger partial charge in [-0.1, -0.05) is 39.7 Å². The summed E-state index contributed by atoms with van der Waals surface area (Å²) < 4.78 is 8.97. The molecule has 0 N–H and O–H groups in total. The van der Waals surface area contributed by atoms with Gasteiger partial charge in [0.1, 0.15) is 5.76 Å². The zero-order chi connectivity index (χ0) is 16.0. The minimum absolute atomic E-state index is 0.644. The minimum Gasteiger partial charge on any atom is -0.453 e. The Kier molecular flexibility index (Phi) is 3.51. The molecule has 0 aliphatic carbocycles. The molecule has 0 aliphatic heterocycles. The monoisotopic (exact) mass is 386 g/mol. The number of fused-ring (bicyclic) bond motifs is 1. The Morgan fingerprint density at radius 3 is 2.61 bits per heavy atom. The number of halogens is 2. The molecule has 4 rings (SSSR count). The van der Waals surface area contributed by atoms with Crippen LogP contribution in [0.5, 0.6) is 0 Å². The number of aryl methyl sites for hydroxylation is 1. The van der Waals surface area contributed by atoms with Gasteiger partial charge in [0, 0.05) is 17.1 Å². The summed E-state index contributed by atoms with van der Waals surface area (Å²) >= 11 is 9.72. The molecule has 5 heteroatoms. The largest absolute Gasteiger partial charge is 0.453 e. The normalized spacial score (nSPS) is 11.3. The maximum atomic E-state index is 6.30. The minimum atomic E-state index is 0.644. The van der Waals surface area contributed by atoms with Crippen molar-refractivity contribution in [3.63, 3.8) is 0 Å². The van der Waals surface area contributed by atoms with Crippen LogP contribution in [0, 0.1) is 0 Å². The Morgan fingerprint density at radius 2 is 1.83 bits per heavy atom. The van der Waals surface area contributed by atoms with E-state index in [0.717, 1.165) is 38.4 Å². The second kappa shape index (κ2) is 5.55. The van der Waals surface area contributed by atoms with Gasteiger partial charge in [0.2, 0.25) is 0 Å². The van der Waals surface area contributed by atoms with Gasteiger partial charge in [-0.2, -0.15) is 0 Å². The van der Waals surface area contributed by atoms with Gasteiger partial charge >= 0.3 is 0 Å². The van der Waals surface area contributed by atoms with Crippen molar-refractivity contribution in [1.29, 1.82) is 0 Å². The zero-order valence-corrected chi connectivity index (χ0v) is 14.6. The van der Waals surface area contributed by atoms with E-state index in [1.54, 1.807) is 0 Å². The van der Waals surface area contributed by atoms with Crippen LogP contribution in [0.15, 0.2) is 63.5 Å². The molecule has 2 aromatic carbocycles. The third-order valence-corrected chi connectivity index (χ3v) is 4.62. The van der Waals surface area contributed by atoms with Gasteiger partial charge < -0.3 is 8.98 Å². The van der Waals surface area contributed by atoms with E-state index in [0.29, 0.717) is 5.02 Å². The van der Waals surface area contributed by atoms with E-state index in [-0.39, 0.29) is 0 Å². The van der Waals surface area contributed by atoms with E-state index in [9.17, 15) is 0 Å². The average Bonchev–Trinajstić information content (AvgIpc) is 3.13. The van der Waals surface area contributed by atoms with Gasteiger partial charge in [-0.15, -0.1) is 0 Å². The predicted molar refractivity (Wildman–Crippen MR) is 96.6 cm³/mol. The molecular weight excluding hydrogens is 376 g/mol. The van der Waals surface area contributed by atoms with Crippen molar-refractivity contribution in [2.75, 3.05) is 0 Å². The SMILES string of the molecule is Cn1c(-c2ccc(-c3ccc(Br)cc3Cl)o2)nc2ccccc21. The first-order chi connectivity index (χ1) is 11.1. The molecule has 0 saturated carbocycles. The summed E-state index contributed by atoms with van der Waals surface area (Å²) in [6.45, 7) is 0. The first-order valence-electron chi connectivity index (χ1n) is 7.10. The number of hydrogen-bond acceptors (Lipinski definition) is 2. The average molecular weight is 388 g/mol. The molecule has 23 heavy (non-hydrogen) atoms. The fourth-order valence-electron chi connectivity index (χ4n) is 2.66. The van der Waals surface area contributed by atoms with Gasteiger partial charge in [0.15, 0.2) is 11.6 Å². The molecular formula is C18H12BrClN2O. The molecule has 0 spiro atoms. The Labute approximate surface area is 146 Å². The first kappa shape index (κ1) is 14.5. The molecule has 0 fully saturated rings. The second-order valence-electron chi connectivity index (χ2n) is 5.27. The highest BCUT2D eigenvalue weighted by Crippen LogP contribution is 2.34. The molecule has 0 atom stereocenters. The maximum Gasteiger partial charge on any atom is 0.177 e. The summed E-state index contributed by atoms with van der Waals surface area (Å²) in [7, 11) is 1.99. The quantitative estimate of drug-likeness (QED) is 0.428. The first-order valence-corrected chi connectivity index (χ1v) is 8.27. The number of furan rings is 1. The van der Waals surface area contributed by atoms with Crippen molar-refractivity contribution in [2.45, 2.75) is 0 Å². The summed E-state index contributed by atoms with van der Waals surface area (Å²) in [4.78, 5) is 4.65. The molecule has 0 amide bonds. The van der Waals surface area contributed by atoms with Gasteiger partial charge in [-0.05, 0) is 42.5 Å². The van der Waals surface area contributed by atoms with E-state index in [4.69, 9.17) is 16.0 Å². The molecule has 4 aromatic rings. The molecule has 2 heterocycles. The molecule has 2 aromatic heterocycles. The van der Waals surface area contributed by atoms with Crippen LogP contribution < -0.4 is 0 Å². The number of benzene rings is 2. The second-order valence-corrected chi connectivity index (χ2v) is 6.59. The van der Waals surface area contributed by atoms with E-state index < -0.39 is 0 Å². The van der Waals surface area contributed by atoms with Crippen LogP contribution in [0.4, 0.5) is 0 Å². The summed E-state index contributed by atoms with van der Waals surface area (Å²) in [5, 5.41) is 0.644. The number of nitrogens with zero attached hydrogens (tertiary/aromatic N) is 2. The van der Waals surface area contributed by atoms with E-state index in [1.807, 2.05) is 66.2 Å². The molecule has 0 unspecified atom stereocenters. The fraction of sp³-hybridized carbons (Fsp3) is 0.0556. The lowest BCUT2D eigenvalue weighted by Gasteiger charge is -2.02. The molecule has 0 radical (unpaired) electrons. The highest BCUT2D eigenvalue weighted by molar-refractivity contribution is 9.10. The van der Waals surface area contributed by atoms with Crippen molar-refractivity contribution in [3.05, 3.63) is 64.1 Å². The molecule has 114 valence electrons. The summed E-state index contributed by atoms with van der Waals surface area (Å²) in [5.41, 5.74) is 2.88. The van der Waals surface area contributed by atoms with Crippen molar-refractivity contribution < 1.29 is 4.42 Å². The third-order valence-electron chi connectivity index (χ3n) is 3.81. The fourth-order valence-corrected chi connectivity index (χ4v) is 3.42. The van der Waals surface area contributed by atoms with Crippen LogP contribution in [-0.4, -0.2) is 9.55 Å².